The Morgan fingerprint density at radius 3 is 2.77 bits per heavy atom. The number of non-ortho nitro benzene ring substituents is 1. The fraction of sp³-hybridized carbons (Fsp3) is 0.600. The van der Waals surface area contributed by atoms with Gasteiger partial charge in [0.1, 0.15) is 12.4 Å². The van der Waals surface area contributed by atoms with E-state index in [1.165, 1.54) is 0 Å². The molecule has 3 aliphatic rings. The molecule has 0 spiro atoms. The quantitative estimate of drug-likeness (QED) is 0.595. The SMILES string of the molecule is CN1CC(N2CCN3c4ccc([N+](=O)[O-])cc4OC[C@@H]3C2)C1. The molecule has 0 saturated carbocycles. The van der Waals surface area contributed by atoms with Crippen molar-refractivity contribution in [3.63, 3.8) is 0 Å². The third-order valence-electron chi connectivity index (χ3n) is 4.97. The fourth-order valence-corrected chi connectivity index (χ4v) is 3.72. The maximum Gasteiger partial charge on any atom is 0.273 e. The maximum atomic E-state index is 10.9. The molecule has 0 aromatic heterocycles. The largest absolute Gasteiger partial charge is 0.489 e. The summed E-state index contributed by atoms with van der Waals surface area (Å²) in [7, 11) is 2.15. The number of nitrogens with zero attached hydrogens (tertiary/aromatic N) is 4. The van der Waals surface area contributed by atoms with Crippen LogP contribution >= 0.6 is 0 Å². The van der Waals surface area contributed by atoms with E-state index in [4.69, 9.17) is 4.74 Å². The lowest BCUT2D eigenvalue weighted by Gasteiger charge is -2.51. The number of fused-ring (bicyclic) bond motifs is 3. The first-order valence-corrected chi connectivity index (χ1v) is 7.72. The second kappa shape index (κ2) is 5.10. The number of nitro benzene ring substituents is 1. The Morgan fingerprint density at radius 2 is 2.05 bits per heavy atom. The number of likely N-dealkylation sites (N-methyl/N-ethyl adjacent to an activating group) is 1. The highest BCUT2D eigenvalue weighted by atomic mass is 16.6. The number of piperazine rings is 1. The monoisotopic (exact) mass is 304 g/mol. The molecule has 1 aromatic carbocycles. The Hall–Kier alpha value is -1.86. The van der Waals surface area contributed by atoms with Crippen molar-refractivity contribution in [3.05, 3.63) is 28.3 Å². The van der Waals surface area contributed by atoms with E-state index in [-0.39, 0.29) is 10.6 Å². The number of rotatable bonds is 2. The van der Waals surface area contributed by atoms with Gasteiger partial charge in [-0.3, -0.25) is 15.0 Å². The van der Waals surface area contributed by atoms with Crippen LogP contribution in [0.25, 0.3) is 0 Å². The molecular formula is C15H20N4O3. The molecule has 118 valence electrons. The van der Waals surface area contributed by atoms with Crippen LogP contribution in [0.1, 0.15) is 0 Å². The second-order valence-corrected chi connectivity index (χ2v) is 6.44. The van der Waals surface area contributed by atoms with Crippen LogP contribution in [0.4, 0.5) is 11.4 Å². The number of hydrogen-bond donors (Lipinski definition) is 0. The molecule has 0 radical (unpaired) electrons. The van der Waals surface area contributed by atoms with Gasteiger partial charge < -0.3 is 14.5 Å². The van der Waals surface area contributed by atoms with Crippen LogP contribution in [-0.2, 0) is 0 Å². The van der Waals surface area contributed by atoms with E-state index in [9.17, 15) is 10.1 Å². The molecule has 7 nitrogen and oxygen atoms in total. The minimum absolute atomic E-state index is 0.0911. The summed E-state index contributed by atoms with van der Waals surface area (Å²) in [5.41, 5.74) is 1.08. The minimum atomic E-state index is -0.374. The Kier molecular flexibility index (Phi) is 3.19. The summed E-state index contributed by atoms with van der Waals surface area (Å²) in [6.45, 7) is 5.92. The first-order chi connectivity index (χ1) is 10.6. The number of anilines is 1. The molecule has 7 heteroatoms. The second-order valence-electron chi connectivity index (χ2n) is 6.44. The fourth-order valence-electron chi connectivity index (χ4n) is 3.72. The summed E-state index contributed by atoms with van der Waals surface area (Å²) < 4.78 is 5.80. The summed E-state index contributed by atoms with van der Waals surface area (Å²) in [4.78, 5) is 17.7. The molecule has 2 fully saturated rings. The smallest absolute Gasteiger partial charge is 0.273 e. The number of likely N-dealkylation sites (tertiary alicyclic amines) is 1. The minimum Gasteiger partial charge on any atom is -0.489 e. The van der Waals surface area contributed by atoms with Crippen molar-refractivity contribution >= 4 is 11.4 Å². The summed E-state index contributed by atoms with van der Waals surface area (Å²) in [5.74, 6) is 0.641. The molecule has 4 rings (SSSR count). The van der Waals surface area contributed by atoms with Gasteiger partial charge in [0.05, 0.1) is 22.7 Å². The van der Waals surface area contributed by atoms with Gasteiger partial charge in [-0.2, -0.15) is 0 Å². The first-order valence-electron chi connectivity index (χ1n) is 7.72. The van der Waals surface area contributed by atoms with E-state index in [2.05, 4.69) is 21.7 Å². The van der Waals surface area contributed by atoms with E-state index in [0.717, 1.165) is 38.4 Å². The van der Waals surface area contributed by atoms with Crippen LogP contribution in [-0.4, -0.2) is 73.2 Å². The molecule has 2 saturated heterocycles. The number of ether oxygens (including phenoxy) is 1. The lowest BCUT2D eigenvalue weighted by molar-refractivity contribution is -0.384. The third kappa shape index (κ3) is 2.21. The van der Waals surface area contributed by atoms with Crippen molar-refractivity contribution in [2.75, 3.05) is 51.3 Å². The van der Waals surface area contributed by atoms with Gasteiger partial charge in [0.25, 0.3) is 5.69 Å². The van der Waals surface area contributed by atoms with E-state index in [0.29, 0.717) is 24.4 Å². The molecule has 22 heavy (non-hydrogen) atoms. The van der Waals surface area contributed by atoms with Crippen LogP contribution < -0.4 is 9.64 Å². The van der Waals surface area contributed by atoms with Gasteiger partial charge in [0, 0.05) is 44.8 Å². The third-order valence-corrected chi connectivity index (χ3v) is 4.97. The summed E-state index contributed by atoms with van der Waals surface area (Å²) >= 11 is 0. The first kappa shape index (κ1) is 13.8. The molecule has 1 atom stereocenters. The topological polar surface area (TPSA) is 62.1 Å². The highest BCUT2D eigenvalue weighted by molar-refractivity contribution is 5.64. The van der Waals surface area contributed by atoms with Crippen LogP contribution in [0.3, 0.4) is 0 Å². The molecule has 1 aromatic rings. The van der Waals surface area contributed by atoms with Gasteiger partial charge in [-0.05, 0) is 13.1 Å². The van der Waals surface area contributed by atoms with Gasteiger partial charge in [0.15, 0.2) is 0 Å². The molecule has 0 bridgehead atoms. The standard InChI is InChI=1S/C15H20N4O3/c1-16-7-12(8-16)17-4-5-18-13(9-17)10-22-15-6-11(19(20)21)2-3-14(15)18/h2-3,6,12-13H,4-5,7-10H2,1H3/t13-/m0/s1. The van der Waals surface area contributed by atoms with Crippen LogP contribution in [0, 0.1) is 10.1 Å². The number of nitro groups is 1. The highest BCUT2D eigenvalue weighted by Gasteiger charge is 2.38. The highest BCUT2D eigenvalue weighted by Crippen LogP contribution is 2.38. The Bertz CT molecular complexity index is 602. The van der Waals surface area contributed by atoms with Crippen molar-refractivity contribution in [3.8, 4) is 5.75 Å². The molecule has 0 amide bonds. The Labute approximate surface area is 129 Å². The molecule has 3 aliphatic heterocycles. The van der Waals surface area contributed by atoms with Gasteiger partial charge in [-0.1, -0.05) is 0 Å². The van der Waals surface area contributed by atoms with Crippen molar-refractivity contribution in [1.29, 1.82) is 0 Å². The van der Waals surface area contributed by atoms with Crippen LogP contribution in [0.2, 0.25) is 0 Å². The van der Waals surface area contributed by atoms with E-state index in [1.54, 1.807) is 12.1 Å². The number of benzene rings is 1. The van der Waals surface area contributed by atoms with Crippen molar-refractivity contribution in [1.82, 2.24) is 9.80 Å². The van der Waals surface area contributed by atoms with E-state index in [1.807, 2.05) is 6.07 Å². The van der Waals surface area contributed by atoms with Crippen LogP contribution in [0.15, 0.2) is 18.2 Å². The van der Waals surface area contributed by atoms with Crippen molar-refractivity contribution in [2.45, 2.75) is 12.1 Å². The lowest BCUT2D eigenvalue weighted by Crippen LogP contribution is -2.65. The van der Waals surface area contributed by atoms with Gasteiger partial charge in [-0.25, -0.2) is 0 Å². The summed E-state index contributed by atoms with van der Waals surface area (Å²) in [6.07, 6.45) is 0. The normalized spacial score (nSPS) is 25.9. The summed E-state index contributed by atoms with van der Waals surface area (Å²) in [5, 5.41) is 10.9. The molecule has 0 N–H and O–H groups in total. The molecule has 3 heterocycles. The molecule has 0 unspecified atom stereocenters. The summed E-state index contributed by atoms with van der Waals surface area (Å²) in [6, 6.07) is 5.95. The number of hydrogen-bond acceptors (Lipinski definition) is 6. The average molecular weight is 304 g/mol. The zero-order chi connectivity index (χ0) is 15.3. The average Bonchev–Trinajstić information content (AvgIpc) is 2.50. The van der Waals surface area contributed by atoms with Gasteiger partial charge in [-0.15, -0.1) is 0 Å². The predicted octanol–water partition coefficient (Wildman–Crippen LogP) is 0.792. The van der Waals surface area contributed by atoms with Crippen molar-refractivity contribution < 1.29 is 9.66 Å². The molecular weight excluding hydrogens is 284 g/mol. The van der Waals surface area contributed by atoms with Gasteiger partial charge in [0.2, 0.25) is 0 Å². The van der Waals surface area contributed by atoms with Crippen molar-refractivity contribution in [2.24, 2.45) is 0 Å². The zero-order valence-electron chi connectivity index (χ0n) is 12.6. The Morgan fingerprint density at radius 1 is 1.23 bits per heavy atom. The van der Waals surface area contributed by atoms with Crippen LogP contribution in [0.5, 0.6) is 5.75 Å². The van der Waals surface area contributed by atoms with E-state index >= 15 is 0 Å². The zero-order valence-corrected chi connectivity index (χ0v) is 12.6. The predicted molar refractivity (Wildman–Crippen MR) is 82.6 cm³/mol. The lowest BCUT2D eigenvalue weighted by atomic mass is 10.0. The van der Waals surface area contributed by atoms with E-state index < -0.39 is 0 Å². The maximum absolute atomic E-state index is 10.9. The Balaban J connectivity index is 1.51. The van der Waals surface area contributed by atoms with Gasteiger partial charge >= 0.3 is 0 Å². The molecule has 0 aliphatic carbocycles.